The van der Waals surface area contributed by atoms with Crippen LogP contribution in [0.25, 0.3) is 17.1 Å². The van der Waals surface area contributed by atoms with Gasteiger partial charge in [0.15, 0.2) is 5.82 Å². The van der Waals surface area contributed by atoms with Gasteiger partial charge in [-0.2, -0.15) is 4.68 Å². The van der Waals surface area contributed by atoms with Crippen molar-refractivity contribution < 1.29 is 0 Å². The molecule has 0 spiro atoms. The largest absolute Gasteiger partial charge is 0.398 e. The molecule has 0 radical (unpaired) electrons. The molecule has 2 aromatic carbocycles. The van der Waals surface area contributed by atoms with E-state index in [0.717, 1.165) is 22.4 Å². The van der Waals surface area contributed by atoms with Gasteiger partial charge >= 0.3 is 0 Å². The van der Waals surface area contributed by atoms with Gasteiger partial charge < -0.3 is 5.73 Å². The molecular weight excluding hydrogens is 286 g/mol. The van der Waals surface area contributed by atoms with Crippen molar-refractivity contribution in [3.8, 4) is 17.1 Å². The number of benzene rings is 2. The highest BCUT2D eigenvalue weighted by Crippen LogP contribution is 2.30. The highest BCUT2D eigenvalue weighted by atomic mass is 35.5. The van der Waals surface area contributed by atoms with Crippen LogP contribution < -0.4 is 5.73 Å². The van der Waals surface area contributed by atoms with Gasteiger partial charge in [0.05, 0.1) is 5.69 Å². The first-order valence-electron chi connectivity index (χ1n) is 6.48. The molecule has 0 saturated heterocycles. The fourth-order valence-corrected chi connectivity index (χ4v) is 2.48. The Kier molecular flexibility index (Phi) is 3.35. The molecule has 1 aromatic heterocycles. The highest BCUT2D eigenvalue weighted by molar-refractivity contribution is 6.30. The van der Waals surface area contributed by atoms with Crippen LogP contribution in [0.1, 0.15) is 11.1 Å². The second-order valence-electron chi connectivity index (χ2n) is 4.88. The van der Waals surface area contributed by atoms with Crippen molar-refractivity contribution in [2.75, 3.05) is 5.73 Å². The van der Waals surface area contributed by atoms with E-state index in [1.54, 1.807) is 4.68 Å². The van der Waals surface area contributed by atoms with E-state index < -0.39 is 0 Å². The summed E-state index contributed by atoms with van der Waals surface area (Å²) in [6.07, 6.45) is 0. The van der Waals surface area contributed by atoms with Crippen LogP contribution in [0.5, 0.6) is 0 Å². The molecule has 2 N–H and O–H groups in total. The minimum atomic E-state index is 0.607. The van der Waals surface area contributed by atoms with Crippen LogP contribution in [0.15, 0.2) is 36.4 Å². The van der Waals surface area contributed by atoms with Crippen LogP contribution in [-0.4, -0.2) is 20.2 Å². The molecular formula is C15H14ClN5. The molecule has 0 saturated carbocycles. The molecule has 3 rings (SSSR count). The Hall–Kier alpha value is -2.40. The van der Waals surface area contributed by atoms with Gasteiger partial charge in [0.2, 0.25) is 0 Å². The minimum absolute atomic E-state index is 0.607. The Morgan fingerprint density at radius 3 is 2.67 bits per heavy atom. The molecule has 0 aliphatic heterocycles. The lowest BCUT2D eigenvalue weighted by Crippen LogP contribution is -2.04. The summed E-state index contributed by atoms with van der Waals surface area (Å²) in [4.78, 5) is 0. The number of halogens is 1. The van der Waals surface area contributed by atoms with Gasteiger partial charge in [-0.3, -0.25) is 0 Å². The fourth-order valence-electron chi connectivity index (χ4n) is 2.31. The third-order valence-corrected chi connectivity index (χ3v) is 3.63. The summed E-state index contributed by atoms with van der Waals surface area (Å²) >= 11 is 6.09. The van der Waals surface area contributed by atoms with E-state index in [1.165, 1.54) is 0 Å². The van der Waals surface area contributed by atoms with Crippen molar-refractivity contribution in [2.45, 2.75) is 13.8 Å². The molecule has 0 atom stereocenters. The maximum atomic E-state index is 6.09. The number of hydrogen-bond donors (Lipinski definition) is 1. The van der Waals surface area contributed by atoms with Crippen molar-refractivity contribution in [3.63, 3.8) is 0 Å². The summed E-state index contributed by atoms with van der Waals surface area (Å²) in [5.74, 6) is 0.607. The lowest BCUT2D eigenvalue weighted by Gasteiger charge is -2.11. The van der Waals surface area contributed by atoms with Crippen molar-refractivity contribution in [3.05, 3.63) is 52.5 Å². The number of rotatable bonds is 2. The van der Waals surface area contributed by atoms with Crippen molar-refractivity contribution in [1.82, 2.24) is 20.2 Å². The van der Waals surface area contributed by atoms with Crippen LogP contribution in [-0.2, 0) is 0 Å². The third-order valence-electron chi connectivity index (χ3n) is 3.40. The van der Waals surface area contributed by atoms with Crippen molar-refractivity contribution >= 4 is 17.3 Å². The summed E-state index contributed by atoms with van der Waals surface area (Å²) in [7, 11) is 0. The van der Waals surface area contributed by atoms with E-state index in [-0.39, 0.29) is 0 Å². The maximum Gasteiger partial charge on any atom is 0.189 e. The van der Waals surface area contributed by atoms with Gasteiger partial charge in [0, 0.05) is 16.3 Å². The van der Waals surface area contributed by atoms with Gasteiger partial charge in [-0.1, -0.05) is 29.8 Å². The average Bonchev–Trinajstić information content (AvgIpc) is 2.90. The predicted octanol–water partition coefficient (Wildman–Crippen LogP) is 3.18. The van der Waals surface area contributed by atoms with Gasteiger partial charge in [0.25, 0.3) is 0 Å². The van der Waals surface area contributed by atoms with E-state index in [0.29, 0.717) is 16.5 Å². The zero-order valence-corrected chi connectivity index (χ0v) is 12.5. The molecule has 0 unspecified atom stereocenters. The molecule has 0 aliphatic rings. The number of nitrogens with zero attached hydrogens (tertiary/aromatic N) is 4. The Bertz CT molecular complexity index is 789. The minimum Gasteiger partial charge on any atom is -0.398 e. The van der Waals surface area contributed by atoms with Crippen LogP contribution in [0.4, 0.5) is 5.69 Å². The zero-order valence-electron chi connectivity index (χ0n) is 11.7. The van der Waals surface area contributed by atoms with Gasteiger partial charge in [-0.15, -0.1) is 5.10 Å². The number of aromatic nitrogens is 4. The first-order chi connectivity index (χ1) is 10.1. The second-order valence-corrected chi connectivity index (χ2v) is 5.32. The van der Waals surface area contributed by atoms with Crippen LogP contribution in [0.2, 0.25) is 5.02 Å². The second kappa shape index (κ2) is 5.18. The first-order valence-corrected chi connectivity index (χ1v) is 6.86. The number of nitrogen functional groups attached to an aromatic ring is 1. The molecule has 3 aromatic rings. The van der Waals surface area contributed by atoms with Crippen LogP contribution in [0.3, 0.4) is 0 Å². The molecule has 21 heavy (non-hydrogen) atoms. The normalized spacial score (nSPS) is 10.8. The topological polar surface area (TPSA) is 69.6 Å². The van der Waals surface area contributed by atoms with E-state index in [2.05, 4.69) is 15.5 Å². The smallest absolute Gasteiger partial charge is 0.189 e. The number of anilines is 1. The first kappa shape index (κ1) is 13.6. The Morgan fingerprint density at radius 1 is 1.10 bits per heavy atom. The fraction of sp³-hybridized carbons (Fsp3) is 0.133. The number of hydrogen-bond acceptors (Lipinski definition) is 4. The Labute approximate surface area is 127 Å². The quantitative estimate of drug-likeness (QED) is 0.738. The molecule has 0 bridgehead atoms. The van der Waals surface area contributed by atoms with Crippen molar-refractivity contribution in [2.24, 2.45) is 0 Å². The summed E-state index contributed by atoms with van der Waals surface area (Å²) in [6, 6.07) is 11.3. The van der Waals surface area contributed by atoms with Crippen molar-refractivity contribution in [1.29, 1.82) is 0 Å². The molecule has 1 heterocycles. The SMILES string of the molecule is Cc1ccc(Cl)cc1-n1nnnc1-c1c(C)cccc1N. The monoisotopic (exact) mass is 299 g/mol. The van der Waals surface area contributed by atoms with E-state index in [9.17, 15) is 0 Å². The lowest BCUT2D eigenvalue weighted by molar-refractivity contribution is 0.787. The molecule has 6 heteroatoms. The number of tetrazole rings is 1. The van der Waals surface area contributed by atoms with Crippen LogP contribution in [0, 0.1) is 13.8 Å². The van der Waals surface area contributed by atoms with E-state index in [1.807, 2.05) is 50.2 Å². The summed E-state index contributed by atoms with van der Waals surface area (Å²) in [5, 5.41) is 12.6. The van der Waals surface area contributed by atoms with Gasteiger partial charge in [0.1, 0.15) is 0 Å². The third kappa shape index (κ3) is 2.36. The molecule has 106 valence electrons. The summed E-state index contributed by atoms with van der Waals surface area (Å²) < 4.78 is 1.67. The molecule has 0 aliphatic carbocycles. The van der Waals surface area contributed by atoms with Gasteiger partial charge in [-0.25, -0.2) is 0 Å². The Morgan fingerprint density at radius 2 is 1.90 bits per heavy atom. The molecule has 5 nitrogen and oxygen atoms in total. The van der Waals surface area contributed by atoms with E-state index in [4.69, 9.17) is 17.3 Å². The Balaban J connectivity index is 2.25. The predicted molar refractivity (Wildman–Crippen MR) is 83.5 cm³/mol. The summed E-state index contributed by atoms with van der Waals surface area (Å²) in [5.41, 5.74) is 10.5. The van der Waals surface area contributed by atoms with E-state index >= 15 is 0 Å². The number of nitrogens with two attached hydrogens (primary N) is 1. The molecule has 0 amide bonds. The average molecular weight is 300 g/mol. The van der Waals surface area contributed by atoms with Crippen LogP contribution >= 0.6 is 11.6 Å². The lowest BCUT2D eigenvalue weighted by atomic mass is 10.1. The summed E-state index contributed by atoms with van der Waals surface area (Å²) in [6.45, 7) is 3.97. The highest BCUT2D eigenvalue weighted by Gasteiger charge is 2.16. The molecule has 0 fully saturated rings. The number of aryl methyl sites for hydroxylation is 2. The standard InChI is InChI=1S/C15H14ClN5/c1-9-6-7-11(16)8-13(9)21-15(18-19-20-21)14-10(2)4-3-5-12(14)17/h3-8H,17H2,1-2H3. The van der Waals surface area contributed by atoms with Gasteiger partial charge in [-0.05, 0) is 53.6 Å². The maximum absolute atomic E-state index is 6.09. The zero-order chi connectivity index (χ0) is 15.0.